The Kier molecular flexibility index (Phi) is 6.81. The molecule has 1 amide bonds. The second-order valence-electron chi connectivity index (χ2n) is 8.59. The van der Waals surface area contributed by atoms with E-state index in [1.54, 1.807) is 18.1 Å². The number of aryl methyl sites for hydroxylation is 1. The van der Waals surface area contributed by atoms with Crippen LogP contribution in [0.4, 0.5) is 0 Å². The summed E-state index contributed by atoms with van der Waals surface area (Å²) in [5.41, 5.74) is 1.85. The molecular formula is C24H29N3O6S. The van der Waals surface area contributed by atoms with E-state index in [9.17, 15) is 18.0 Å². The number of nitrogens with zero attached hydrogens (tertiary/aromatic N) is 3. The van der Waals surface area contributed by atoms with Crippen LogP contribution in [-0.2, 0) is 21.2 Å². The number of amides is 1. The van der Waals surface area contributed by atoms with Crippen molar-refractivity contribution in [2.75, 3.05) is 33.3 Å². The van der Waals surface area contributed by atoms with Crippen LogP contribution in [0, 0.1) is 0 Å². The van der Waals surface area contributed by atoms with Gasteiger partial charge in [0.25, 0.3) is 0 Å². The molecule has 2 heterocycles. The molecule has 1 fully saturated rings. The van der Waals surface area contributed by atoms with Crippen molar-refractivity contribution in [3.8, 4) is 5.75 Å². The molecule has 3 aromatic rings. The van der Waals surface area contributed by atoms with Crippen molar-refractivity contribution in [2.45, 2.75) is 37.6 Å². The number of benzene rings is 2. The number of carbonyl (C=O) groups is 1. The highest BCUT2D eigenvalue weighted by Crippen LogP contribution is 2.24. The monoisotopic (exact) mass is 487 g/mol. The molecule has 0 spiro atoms. The van der Waals surface area contributed by atoms with Gasteiger partial charge in [-0.1, -0.05) is 12.1 Å². The average molecular weight is 488 g/mol. The Morgan fingerprint density at radius 3 is 2.35 bits per heavy atom. The van der Waals surface area contributed by atoms with Gasteiger partial charge in [-0.05, 0) is 50.1 Å². The molecule has 1 saturated heterocycles. The first kappa shape index (κ1) is 24.0. The van der Waals surface area contributed by atoms with Gasteiger partial charge in [0.1, 0.15) is 5.75 Å². The fourth-order valence-corrected chi connectivity index (χ4v) is 5.63. The van der Waals surface area contributed by atoms with E-state index in [0.717, 1.165) is 11.3 Å². The maximum Gasteiger partial charge on any atom is 0.420 e. The summed E-state index contributed by atoms with van der Waals surface area (Å²) in [5.74, 6) is 0.263. The molecule has 2 aromatic carbocycles. The van der Waals surface area contributed by atoms with Gasteiger partial charge >= 0.3 is 5.76 Å². The van der Waals surface area contributed by atoms with Crippen LogP contribution >= 0.6 is 0 Å². The zero-order chi connectivity index (χ0) is 24.5. The molecule has 34 heavy (non-hydrogen) atoms. The molecule has 182 valence electrons. The summed E-state index contributed by atoms with van der Waals surface area (Å²) in [6.07, 6.45) is 0.976. The van der Waals surface area contributed by atoms with Crippen LogP contribution in [0.3, 0.4) is 0 Å². The van der Waals surface area contributed by atoms with E-state index in [1.807, 2.05) is 38.1 Å². The molecule has 0 atom stereocenters. The Labute approximate surface area is 198 Å². The van der Waals surface area contributed by atoms with Crippen molar-refractivity contribution in [2.24, 2.45) is 0 Å². The van der Waals surface area contributed by atoms with Gasteiger partial charge in [0.05, 0.1) is 17.5 Å². The highest BCUT2D eigenvalue weighted by Gasteiger charge is 2.30. The van der Waals surface area contributed by atoms with Crippen LogP contribution in [0.2, 0.25) is 0 Å². The molecule has 1 aliphatic heterocycles. The lowest BCUT2D eigenvalue weighted by molar-refractivity contribution is -0.132. The number of hydrogen-bond donors (Lipinski definition) is 0. The molecule has 0 aliphatic carbocycles. The first-order valence-electron chi connectivity index (χ1n) is 11.3. The van der Waals surface area contributed by atoms with Crippen LogP contribution in [0.25, 0.3) is 11.1 Å². The number of oxazole rings is 1. The van der Waals surface area contributed by atoms with Gasteiger partial charge in [0.15, 0.2) is 5.58 Å². The predicted octanol–water partition coefficient (Wildman–Crippen LogP) is 2.65. The quantitative estimate of drug-likeness (QED) is 0.508. The Morgan fingerprint density at radius 1 is 1.06 bits per heavy atom. The molecule has 1 aromatic heterocycles. The third-order valence-electron chi connectivity index (χ3n) is 6.12. The molecule has 10 heteroatoms. The Bertz CT molecular complexity index is 1330. The highest BCUT2D eigenvalue weighted by molar-refractivity contribution is 7.89. The van der Waals surface area contributed by atoms with Gasteiger partial charge < -0.3 is 14.1 Å². The molecule has 0 N–H and O–H groups in total. The molecule has 0 saturated carbocycles. The summed E-state index contributed by atoms with van der Waals surface area (Å²) < 4.78 is 39.6. The number of ether oxygens (including phenoxy) is 1. The SMILES string of the molecule is COc1ccc(CCC(=O)N2CCN(S(=O)(=O)c3ccc4c(c3)oc(=O)n4C(C)C)CC2)cc1. The maximum atomic E-state index is 13.2. The number of sulfonamides is 1. The summed E-state index contributed by atoms with van der Waals surface area (Å²) in [5, 5.41) is 0. The first-order valence-corrected chi connectivity index (χ1v) is 12.7. The van der Waals surface area contributed by atoms with E-state index >= 15 is 0 Å². The number of fused-ring (bicyclic) bond motifs is 1. The Balaban J connectivity index is 1.39. The second-order valence-corrected chi connectivity index (χ2v) is 10.5. The van der Waals surface area contributed by atoms with Crippen LogP contribution in [0.1, 0.15) is 31.9 Å². The lowest BCUT2D eigenvalue weighted by Crippen LogP contribution is -2.50. The highest BCUT2D eigenvalue weighted by atomic mass is 32.2. The Morgan fingerprint density at radius 2 is 1.74 bits per heavy atom. The third-order valence-corrected chi connectivity index (χ3v) is 8.01. The minimum Gasteiger partial charge on any atom is -0.497 e. The number of methoxy groups -OCH3 is 1. The minimum atomic E-state index is -3.78. The number of carbonyl (C=O) groups excluding carboxylic acids is 1. The normalized spacial score (nSPS) is 15.2. The zero-order valence-corrected chi connectivity index (χ0v) is 20.4. The van der Waals surface area contributed by atoms with Crippen LogP contribution in [-0.4, -0.2) is 61.4 Å². The van der Waals surface area contributed by atoms with Gasteiger partial charge in [-0.15, -0.1) is 0 Å². The lowest BCUT2D eigenvalue weighted by Gasteiger charge is -2.34. The summed E-state index contributed by atoms with van der Waals surface area (Å²) in [6, 6.07) is 12.0. The standard InChI is InChI=1S/C24H29N3O6S/c1-17(2)27-21-10-9-20(16-22(21)33-24(27)29)34(30,31)26-14-12-25(13-15-26)23(28)11-6-18-4-7-19(32-3)8-5-18/h4-5,7-10,16-17H,6,11-15H2,1-3H3. The number of piperazine rings is 1. The Hall–Kier alpha value is -3.11. The van der Waals surface area contributed by atoms with Gasteiger partial charge in [0.2, 0.25) is 15.9 Å². The number of aromatic nitrogens is 1. The molecule has 0 radical (unpaired) electrons. The summed E-state index contributed by atoms with van der Waals surface area (Å²) in [6.45, 7) is 4.82. The van der Waals surface area contributed by atoms with Crippen LogP contribution in [0.15, 0.2) is 56.6 Å². The maximum absolute atomic E-state index is 13.2. The van der Waals surface area contributed by atoms with E-state index in [2.05, 4.69) is 0 Å². The first-order chi connectivity index (χ1) is 16.2. The number of rotatable bonds is 7. The van der Waals surface area contributed by atoms with Gasteiger partial charge in [-0.2, -0.15) is 4.31 Å². The van der Waals surface area contributed by atoms with E-state index in [1.165, 1.54) is 21.0 Å². The topological polar surface area (TPSA) is 102 Å². The molecule has 9 nitrogen and oxygen atoms in total. The van der Waals surface area contributed by atoms with Crippen molar-refractivity contribution in [1.82, 2.24) is 13.8 Å². The molecule has 1 aliphatic rings. The van der Waals surface area contributed by atoms with Crippen molar-refractivity contribution >= 4 is 27.0 Å². The smallest absolute Gasteiger partial charge is 0.420 e. The van der Waals surface area contributed by atoms with E-state index in [4.69, 9.17) is 9.15 Å². The van der Waals surface area contributed by atoms with Crippen molar-refractivity contribution in [1.29, 1.82) is 0 Å². The van der Waals surface area contributed by atoms with Crippen LogP contribution in [0.5, 0.6) is 5.75 Å². The summed E-state index contributed by atoms with van der Waals surface area (Å²) in [7, 11) is -2.17. The molecular weight excluding hydrogens is 458 g/mol. The van der Waals surface area contributed by atoms with Crippen LogP contribution < -0.4 is 10.5 Å². The molecule has 4 rings (SSSR count). The lowest BCUT2D eigenvalue weighted by atomic mass is 10.1. The summed E-state index contributed by atoms with van der Waals surface area (Å²) in [4.78, 5) is 26.5. The predicted molar refractivity (Wildman–Crippen MR) is 128 cm³/mol. The summed E-state index contributed by atoms with van der Waals surface area (Å²) >= 11 is 0. The average Bonchev–Trinajstić information content (AvgIpc) is 3.18. The van der Waals surface area contributed by atoms with Gasteiger partial charge in [-0.25, -0.2) is 13.2 Å². The largest absolute Gasteiger partial charge is 0.497 e. The van der Waals surface area contributed by atoms with Crippen molar-refractivity contribution in [3.05, 3.63) is 58.6 Å². The fraction of sp³-hybridized carbons (Fsp3) is 0.417. The number of hydrogen-bond acceptors (Lipinski definition) is 6. The van der Waals surface area contributed by atoms with Gasteiger partial charge in [-0.3, -0.25) is 9.36 Å². The fourth-order valence-electron chi connectivity index (χ4n) is 4.19. The van der Waals surface area contributed by atoms with E-state index in [0.29, 0.717) is 31.4 Å². The van der Waals surface area contributed by atoms with Gasteiger partial charge in [0, 0.05) is 44.7 Å². The third kappa shape index (κ3) is 4.74. The second kappa shape index (κ2) is 9.63. The van der Waals surface area contributed by atoms with E-state index in [-0.39, 0.29) is 35.5 Å². The van der Waals surface area contributed by atoms with Crippen molar-refractivity contribution in [3.63, 3.8) is 0 Å². The zero-order valence-electron chi connectivity index (χ0n) is 19.6. The minimum absolute atomic E-state index is 0.00564. The molecule has 0 bridgehead atoms. The van der Waals surface area contributed by atoms with Crippen molar-refractivity contribution < 1.29 is 22.4 Å². The van der Waals surface area contributed by atoms with E-state index < -0.39 is 15.8 Å². The molecule has 0 unspecified atom stereocenters.